The van der Waals surface area contributed by atoms with Gasteiger partial charge in [-0.15, -0.1) is 11.3 Å². The van der Waals surface area contributed by atoms with Gasteiger partial charge in [0.25, 0.3) is 5.91 Å². The Bertz CT molecular complexity index is 1180. The minimum absolute atomic E-state index is 0.208. The number of imide groups is 1. The van der Waals surface area contributed by atoms with E-state index in [1.807, 2.05) is 5.38 Å². The van der Waals surface area contributed by atoms with Gasteiger partial charge in [-0.25, -0.2) is 4.98 Å². The molecule has 0 unspecified atom stereocenters. The molecule has 31 heavy (non-hydrogen) atoms. The van der Waals surface area contributed by atoms with Crippen LogP contribution >= 0.6 is 11.3 Å². The molecule has 1 aliphatic carbocycles. The van der Waals surface area contributed by atoms with Gasteiger partial charge in [-0.1, -0.05) is 18.2 Å². The Balaban J connectivity index is 1.33. The first-order valence-electron chi connectivity index (χ1n) is 10.4. The quantitative estimate of drug-likeness (QED) is 0.613. The van der Waals surface area contributed by atoms with E-state index in [-0.39, 0.29) is 30.6 Å². The molecule has 0 bridgehead atoms. The lowest BCUT2D eigenvalue weighted by Crippen LogP contribution is -2.28. The van der Waals surface area contributed by atoms with Crippen molar-refractivity contribution in [1.82, 2.24) is 4.98 Å². The molecule has 0 spiro atoms. The second kappa shape index (κ2) is 8.07. The van der Waals surface area contributed by atoms with Crippen molar-refractivity contribution in [2.24, 2.45) is 0 Å². The molecule has 3 amide bonds. The molecule has 2 heterocycles. The topological polar surface area (TPSA) is 79.4 Å². The monoisotopic (exact) mass is 431 g/mol. The zero-order chi connectivity index (χ0) is 21.4. The van der Waals surface area contributed by atoms with Gasteiger partial charge in [-0.2, -0.15) is 0 Å². The van der Waals surface area contributed by atoms with Gasteiger partial charge in [-0.3, -0.25) is 24.6 Å². The molecule has 1 N–H and O–H groups in total. The average Bonchev–Trinajstić information content (AvgIpc) is 3.39. The Morgan fingerprint density at radius 2 is 1.71 bits per heavy atom. The first-order valence-corrected chi connectivity index (χ1v) is 11.3. The lowest BCUT2D eigenvalue weighted by molar-refractivity contribution is -0.121. The van der Waals surface area contributed by atoms with Crippen molar-refractivity contribution in [1.29, 1.82) is 0 Å². The number of thiazole rings is 1. The van der Waals surface area contributed by atoms with Crippen LogP contribution in [0.2, 0.25) is 0 Å². The Morgan fingerprint density at radius 3 is 2.52 bits per heavy atom. The number of nitrogens with zero attached hydrogens (tertiary/aromatic N) is 2. The Labute approximate surface area is 183 Å². The SMILES string of the molecule is O=C(Nc1nc(-c2ccc3c(c2)CCCC3)cs1)c1cccc(N2C(=O)CCC2=O)c1. The number of anilines is 2. The van der Waals surface area contributed by atoms with E-state index < -0.39 is 0 Å². The summed E-state index contributed by atoms with van der Waals surface area (Å²) in [4.78, 5) is 42.4. The normalized spacial score (nSPS) is 15.8. The molecule has 2 aliphatic rings. The van der Waals surface area contributed by atoms with E-state index in [9.17, 15) is 14.4 Å². The summed E-state index contributed by atoms with van der Waals surface area (Å²) in [5, 5.41) is 5.28. The van der Waals surface area contributed by atoms with Crippen LogP contribution in [0.5, 0.6) is 0 Å². The molecular formula is C24H21N3O3S. The molecule has 1 aromatic heterocycles. The average molecular weight is 432 g/mol. The van der Waals surface area contributed by atoms with E-state index in [1.54, 1.807) is 24.3 Å². The third kappa shape index (κ3) is 3.88. The van der Waals surface area contributed by atoms with Crippen molar-refractivity contribution in [2.45, 2.75) is 38.5 Å². The zero-order valence-electron chi connectivity index (χ0n) is 16.9. The number of hydrogen-bond acceptors (Lipinski definition) is 5. The molecule has 5 rings (SSSR count). The summed E-state index contributed by atoms with van der Waals surface area (Å²) in [7, 11) is 0. The summed E-state index contributed by atoms with van der Waals surface area (Å²) >= 11 is 1.37. The smallest absolute Gasteiger partial charge is 0.257 e. The van der Waals surface area contributed by atoms with Crippen LogP contribution in [0.15, 0.2) is 47.8 Å². The molecule has 0 saturated carbocycles. The molecule has 2 aromatic carbocycles. The number of nitrogens with one attached hydrogen (secondary N) is 1. The summed E-state index contributed by atoms with van der Waals surface area (Å²) in [5.41, 5.74) is 5.52. The number of amides is 3. The zero-order valence-corrected chi connectivity index (χ0v) is 17.7. The molecule has 1 saturated heterocycles. The van der Waals surface area contributed by atoms with Crippen molar-refractivity contribution < 1.29 is 14.4 Å². The highest BCUT2D eigenvalue weighted by atomic mass is 32.1. The lowest BCUT2D eigenvalue weighted by Gasteiger charge is -2.16. The van der Waals surface area contributed by atoms with Gasteiger partial charge in [-0.05, 0) is 61.1 Å². The van der Waals surface area contributed by atoms with Gasteiger partial charge in [0.2, 0.25) is 11.8 Å². The van der Waals surface area contributed by atoms with Crippen LogP contribution < -0.4 is 10.2 Å². The van der Waals surface area contributed by atoms with Crippen LogP contribution in [0.25, 0.3) is 11.3 Å². The highest BCUT2D eigenvalue weighted by molar-refractivity contribution is 7.14. The van der Waals surface area contributed by atoms with Crippen LogP contribution in [0.3, 0.4) is 0 Å². The van der Waals surface area contributed by atoms with Gasteiger partial charge >= 0.3 is 0 Å². The van der Waals surface area contributed by atoms with E-state index in [2.05, 4.69) is 28.5 Å². The maximum Gasteiger partial charge on any atom is 0.257 e. The molecule has 0 atom stereocenters. The number of aryl methyl sites for hydroxylation is 2. The number of rotatable bonds is 4. The molecule has 7 heteroatoms. The highest BCUT2D eigenvalue weighted by Crippen LogP contribution is 2.30. The van der Waals surface area contributed by atoms with Crippen LogP contribution in [0.4, 0.5) is 10.8 Å². The standard InChI is InChI=1S/C24H21N3O3S/c28-21-10-11-22(29)27(21)19-7-3-6-18(13-19)23(30)26-24-25-20(14-31-24)17-9-8-15-4-1-2-5-16(15)12-17/h3,6-9,12-14H,1-2,4-5,10-11H2,(H,25,26,30). The Morgan fingerprint density at radius 1 is 0.935 bits per heavy atom. The number of fused-ring (bicyclic) bond motifs is 1. The summed E-state index contributed by atoms with van der Waals surface area (Å²) in [5.74, 6) is -0.804. The van der Waals surface area contributed by atoms with Gasteiger partial charge in [0.1, 0.15) is 0 Å². The molecular weight excluding hydrogens is 410 g/mol. The van der Waals surface area contributed by atoms with Crippen molar-refractivity contribution in [2.75, 3.05) is 10.2 Å². The number of carbonyl (C=O) groups is 3. The van der Waals surface area contributed by atoms with Gasteiger partial charge < -0.3 is 0 Å². The predicted octanol–water partition coefficient (Wildman–Crippen LogP) is 4.59. The molecule has 1 fully saturated rings. The largest absolute Gasteiger partial charge is 0.298 e. The minimum atomic E-state index is -0.327. The summed E-state index contributed by atoms with van der Waals surface area (Å²) in [6, 6.07) is 13.0. The molecule has 1 aliphatic heterocycles. The Hall–Kier alpha value is -3.32. The fourth-order valence-corrected chi connectivity index (χ4v) is 4.89. The van der Waals surface area contributed by atoms with Crippen molar-refractivity contribution >= 4 is 39.9 Å². The van der Waals surface area contributed by atoms with E-state index >= 15 is 0 Å². The molecule has 6 nitrogen and oxygen atoms in total. The van der Waals surface area contributed by atoms with Crippen molar-refractivity contribution in [3.63, 3.8) is 0 Å². The highest BCUT2D eigenvalue weighted by Gasteiger charge is 2.30. The summed E-state index contributed by atoms with van der Waals surface area (Å²) in [6.07, 6.45) is 5.14. The van der Waals surface area contributed by atoms with E-state index in [4.69, 9.17) is 0 Å². The molecule has 156 valence electrons. The first-order chi connectivity index (χ1) is 15.1. The predicted molar refractivity (Wildman–Crippen MR) is 120 cm³/mol. The fourth-order valence-electron chi connectivity index (χ4n) is 4.18. The van der Waals surface area contributed by atoms with Crippen molar-refractivity contribution in [3.05, 3.63) is 64.5 Å². The van der Waals surface area contributed by atoms with Gasteiger partial charge in [0.15, 0.2) is 5.13 Å². The minimum Gasteiger partial charge on any atom is -0.298 e. The van der Waals surface area contributed by atoms with Gasteiger partial charge in [0, 0.05) is 29.3 Å². The second-order valence-corrected chi connectivity index (χ2v) is 8.71. The van der Waals surface area contributed by atoms with E-state index in [0.717, 1.165) is 29.0 Å². The number of hydrogen-bond donors (Lipinski definition) is 1. The third-order valence-electron chi connectivity index (χ3n) is 5.79. The molecule has 3 aromatic rings. The van der Waals surface area contributed by atoms with Gasteiger partial charge in [0.05, 0.1) is 11.4 Å². The Kier molecular flexibility index (Phi) is 5.11. The summed E-state index contributed by atoms with van der Waals surface area (Å²) < 4.78 is 0. The van der Waals surface area contributed by atoms with Crippen molar-refractivity contribution in [3.8, 4) is 11.3 Å². The lowest BCUT2D eigenvalue weighted by atomic mass is 9.90. The maximum atomic E-state index is 12.7. The van der Waals surface area contributed by atoms with Crippen LogP contribution in [0, 0.1) is 0 Å². The number of benzene rings is 2. The van der Waals surface area contributed by atoms with Crippen LogP contribution in [-0.4, -0.2) is 22.7 Å². The maximum absolute atomic E-state index is 12.7. The molecule has 0 radical (unpaired) electrons. The third-order valence-corrected chi connectivity index (χ3v) is 6.54. The van der Waals surface area contributed by atoms with E-state index in [0.29, 0.717) is 16.4 Å². The number of aromatic nitrogens is 1. The number of carbonyl (C=O) groups excluding carboxylic acids is 3. The van der Waals surface area contributed by atoms with E-state index in [1.165, 1.54) is 35.3 Å². The first kappa shape index (κ1) is 19.6. The fraction of sp³-hybridized carbons (Fsp3) is 0.250. The van der Waals surface area contributed by atoms with Crippen LogP contribution in [-0.2, 0) is 22.4 Å². The second-order valence-electron chi connectivity index (χ2n) is 7.86. The van der Waals surface area contributed by atoms with Crippen LogP contribution in [0.1, 0.15) is 47.2 Å². The summed E-state index contributed by atoms with van der Waals surface area (Å²) in [6.45, 7) is 0.